The highest BCUT2D eigenvalue weighted by molar-refractivity contribution is 9.10. The normalized spacial score (nSPS) is 21.2. The maximum atomic E-state index is 11.6. The summed E-state index contributed by atoms with van der Waals surface area (Å²) in [6.07, 6.45) is 6.83. The predicted octanol–water partition coefficient (Wildman–Crippen LogP) is 4.43. The van der Waals surface area contributed by atoms with Crippen LogP contribution in [0.1, 0.15) is 26.2 Å². The summed E-state index contributed by atoms with van der Waals surface area (Å²) in [7, 11) is 2.16. The highest BCUT2D eigenvalue weighted by atomic mass is 79.9. The predicted molar refractivity (Wildman–Crippen MR) is 103 cm³/mol. The number of anilines is 1. The van der Waals surface area contributed by atoms with Gasteiger partial charge < -0.3 is 14.8 Å². The fourth-order valence-electron chi connectivity index (χ4n) is 3.56. The molecular formula is C18H23BrN4O2. The number of likely N-dealkylation sites (tertiary alicyclic amines) is 1. The quantitative estimate of drug-likeness (QED) is 0.588. The Balaban J connectivity index is 1.87. The van der Waals surface area contributed by atoms with Gasteiger partial charge in [-0.25, -0.2) is 0 Å². The van der Waals surface area contributed by atoms with Crippen LogP contribution in [0, 0.1) is 10.1 Å². The minimum Gasteiger partial charge on any atom is -0.382 e. The van der Waals surface area contributed by atoms with E-state index in [2.05, 4.69) is 40.1 Å². The number of hydrogen-bond acceptors (Lipinski definition) is 4. The van der Waals surface area contributed by atoms with Gasteiger partial charge in [0.25, 0.3) is 5.69 Å². The van der Waals surface area contributed by atoms with Crippen molar-refractivity contribution in [3.05, 3.63) is 51.2 Å². The molecule has 1 saturated heterocycles. The molecule has 1 aliphatic heterocycles. The summed E-state index contributed by atoms with van der Waals surface area (Å²) in [6.45, 7) is 3.25. The first-order chi connectivity index (χ1) is 12.0. The molecule has 25 heavy (non-hydrogen) atoms. The van der Waals surface area contributed by atoms with Gasteiger partial charge in [0.05, 0.1) is 9.40 Å². The Labute approximate surface area is 156 Å². The number of nitrogens with one attached hydrogen (secondary N) is 1. The lowest BCUT2D eigenvalue weighted by Gasteiger charge is -2.37. The van der Waals surface area contributed by atoms with Crippen LogP contribution in [0.3, 0.4) is 0 Å². The van der Waals surface area contributed by atoms with Crippen LogP contribution in [0.25, 0.3) is 5.69 Å². The third-order valence-corrected chi connectivity index (χ3v) is 5.56. The second kappa shape index (κ2) is 7.58. The van der Waals surface area contributed by atoms with Gasteiger partial charge in [-0.05, 0) is 60.4 Å². The van der Waals surface area contributed by atoms with Crippen LogP contribution < -0.4 is 5.32 Å². The number of nitro benzene ring substituents is 1. The SMILES string of the molecule is CCC1CC(Nc2cc(Br)c(-n3cccc3)c([N+](=O)[O-])c2)CCN1C. The number of nitro groups is 1. The standard InChI is InChI=1S/C18H23BrN4O2/c1-3-15-10-13(6-9-21(15)2)20-14-11-16(19)18(17(12-14)23(24)25)22-7-4-5-8-22/h4-5,7-8,11-13,15,20H,3,6,9-10H2,1-2H3. The van der Waals surface area contributed by atoms with Crippen LogP contribution in [0.5, 0.6) is 0 Å². The molecule has 0 spiro atoms. The zero-order chi connectivity index (χ0) is 18.0. The number of piperidine rings is 1. The molecule has 6 nitrogen and oxygen atoms in total. The minimum atomic E-state index is -0.325. The molecule has 2 atom stereocenters. The highest BCUT2D eigenvalue weighted by Crippen LogP contribution is 2.35. The second-order valence-electron chi connectivity index (χ2n) is 6.58. The van der Waals surface area contributed by atoms with Gasteiger partial charge in [0.1, 0.15) is 5.69 Å². The number of benzene rings is 1. The van der Waals surface area contributed by atoms with E-state index in [4.69, 9.17) is 0 Å². The number of rotatable bonds is 5. The van der Waals surface area contributed by atoms with E-state index >= 15 is 0 Å². The molecule has 0 saturated carbocycles. The fraction of sp³-hybridized carbons (Fsp3) is 0.444. The van der Waals surface area contributed by atoms with E-state index in [1.807, 2.05) is 30.6 Å². The van der Waals surface area contributed by atoms with Gasteiger partial charge in [0, 0.05) is 42.8 Å². The van der Waals surface area contributed by atoms with Crippen LogP contribution in [0.2, 0.25) is 0 Å². The molecule has 2 heterocycles. The van der Waals surface area contributed by atoms with Crippen molar-refractivity contribution in [2.45, 2.75) is 38.3 Å². The van der Waals surface area contributed by atoms with Crippen molar-refractivity contribution in [3.63, 3.8) is 0 Å². The van der Waals surface area contributed by atoms with Crippen LogP contribution >= 0.6 is 15.9 Å². The van der Waals surface area contributed by atoms with E-state index in [-0.39, 0.29) is 10.6 Å². The molecule has 134 valence electrons. The van der Waals surface area contributed by atoms with Crippen molar-refractivity contribution in [3.8, 4) is 5.69 Å². The van der Waals surface area contributed by atoms with E-state index in [1.54, 1.807) is 10.6 Å². The molecule has 0 radical (unpaired) electrons. The Morgan fingerprint density at radius 3 is 2.72 bits per heavy atom. The first kappa shape index (κ1) is 17.9. The van der Waals surface area contributed by atoms with Crippen molar-refractivity contribution < 1.29 is 4.92 Å². The number of aromatic nitrogens is 1. The van der Waals surface area contributed by atoms with E-state index in [0.717, 1.165) is 31.5 Å². The monoisotopic (exact) mass is 406 g/mol. The lowest BCUT2D eigenvalue weighted by Crippen LogP contribution is -2.43. The fourth-order valence-corrected chi connectivity index (χ4v) is 4.21. The maximum Gasteiger partial charge on any atom is 0.296 e. The average Bonchev–Trinajstić information content (AvgIpc) is 3.10. The summed E-state index contributed by atoms with van der Waals surface area (Å²) < 4.78 is 2.47. The lowest BCUT2D eigenvalue weighted by molar-refractivity contribution is -0.384. The van der Waals surface area contributed by atoms with Crippen molar-refractivity contribution in [1.29, 1.82) is 0 Å². The largest absolute Gasteiger partial charge is 0.382 e. The molecule has 0 aliphatic carbocycles. The molecular weight excluding hydrogens is 384 g/mol. The molecule has 1 N–H and O–H groups in total. The molecule has 1 aliphatic rings. The molecule has 0 bridgehead atoms. The summed E-state index contributed by atoms with van der Waals surface area (Å²) in [6, 6.07) is 8.17. The Kier molecular flexibility index (Phi) is 5.44. The van der Waals surface area contributed by atoms with Crippen molar-refractivity contribution in [2.75, 3.05) is 18.9 Å². The lowest BCUT2D eigenvalue weighted by atomic mass is 9.95. The third-order valence-electron chi connectivity index (χ3n) is 4.95. The topological polar surface area (TPSA) is 63.3 Å². The summed E-state index contributed by atoms with van der Waals surface area (Å²) in [5, 5.41) is 15.1. The molecule has 2 aromatic rings. The number of halogens is 1. The minimum absolute atomic E-state index is 0.0908. The van der Waals surface area contributed by atoms with Gasteiger partial charge in [0.2, 0.25) is 0 Å². The molecule has 1 aromatic carbocycles. The van der Waals surface area contributed by atoms with Gasteiger partial charge in [-0.15, -0.1) is 0 Å². The van der Waals surface area contributed by atoms with Crippen LogP contribution in [-0.4, -0.2) is 40.1 Å². The van der Waals surface area contributed by atoms with E-state index in [1.165, 1.54) is 0 Å². The van der Waals surface area contributed by atoms with Gasteiger partial charge >= 0.3 is 0 Å². The Morgan fingerprint density at radius 2 is 2.08 bits per heavy atom. The summed E-state index contributed by atoms with van der Waals surface area (Å²) in [5.41, 5.74) is 1.43. The van der Waals surface area contributed by atoms with Gasteiger partial charge in [0.15, 0.2) is 0 Å². The summed E-state index contributed by atoms with van der Waals surface area (Å²) >= 11 is 3.51. The molecule has 1 aromatic heterocycles. The van der Waals surface area contributed by atoms with Crippen LogP contribution in [0.4, 0.5) is 11.4 Å². The van der Waals surface area contributed by atoms with Crippen LogP contribution in [0.15, 0.2) is 41.1 Å². The van der Waals surface area contributed by atoms with E-state index in [0.29, 0.717) is 22.2 Å². The average molecular weight is 407 g/mol. The van der Waals surface area contributed by atoms with Gasteiger partial charge in [-0.2, -0.15) is 0 Å². The van der Waals surface area contributed by atoms with Crippen LogP contribution in [-0.2, 0) is 0 Å². The second-order valence-corrected chi connectivity index (χ2v) is 7.44. The molecule has 3 rings (SSSR count). The zero-order valence-corrected chi connectivity index (χ0v) is 16.1. The first-order valence-corrected chi connectivity index (χ1v) is 9.37. The molecule has 7 heteroatoms. The first-order valence-electron chi connectivity index (χ1n) is 8.57. The van der Waals surface area contributed by atoms with E-state index < -0.39 is 0 Å². The number of hydrogen-bond donors (Lipinski definition) is 1. The van der Waals surface area contributed by atoms with Gasteiger partial charge in [-0.1, -0.05) is 6.92 Å². The van der Waals surface area contributed by atoms with Crippen molar-refractivity contribution >= 4 is 27.3 Å². The van der Waals surface area contributed by atoms with Gasteiger partial charge in [-0.3, -0.25) is 10.1 Å². The van der Waals surface area contributed by atoms with Crippen molar-refractivity contribution in [1.82, 2.24) is 9.47 Å². The highest BCUT2D eigenvalue weighted by Gasteiger charge is 2.26. The summed E-state index contributed by atoms with van der Waals surface area (Å²) in [4.78, 5) is 13.7. The summed E-state index contributed by atoms with van der Waals surface area (Å²) in [5.74, 6) is 0. The molecule has 2 unspecified atom stereocenters. The molecule has 0 amide bonds. The number of nitrogens with zero attached hydrogens (tertiary/aromatic N) is 3. The smallest absolute Gasteiger partial charge is 0.296 e. The maximum absolute atomic E-state index is 11.6. The Bertz CT molecular complexity index is 748. The molecule has 1 fully saturated rings. The third kappa shape index (κ3) is 3.88. The Morgan fingerprint density at radius 1 is 1.36 bits per heavy atom. The van der Waals surface area contributed by atoms with E-state index in [9.17, 15) is 10.1 Å². The zero-order valence-electron chi connectivity index (χ0n) is 14.5. The van der Waals surface area contributed by atoms with Crippen molar-refractivity contribution in [2.24, 2.45) is 0 Å². The Hall–Kier alpha value is -1.86.